The average molecular weight is 806 g/mol. The zero-order chi connectivity index (χ0) is 41.8. The summed E-state index contributed by atoms with van der Waals surface area (Å²) >= 11 is 0. The molecule has 1 nitrogen and oxygen atoms in total. The van der Waals surface area contributed by atoms with Gasteiger partial charge in [0.1, 0.15) is 0 Å². The zero-order valence-electron chi connectivity index (χ0n) is 35.2. The summed E-state index contributed by atoms with van der Waals surface area (Å²) in [6.45, 7) is 0. The van der Waals surface area contributed by atoms with Gasteiger partial charge in [0.25, 0.3) is 0 Å². The van der Waals surface area contributed by atoms with Crippen molar-refractivity contribution in [3.63, 3.8) is 0 Å². The van der Waals surface area contributed by atoms with Crippen molar-refractivity contribution < 1.29 is 0 Å². The fraction of sp³-hybridized carbons (Fsp3) is 0.0968. The first-order valence-electron chi connectivity index (χ1n) is 22.5. The van der Waals surface area contributed by atoms with E-state index in [9.17, 15) is 0 Å². The summed E-state index contributed by atoms with van der Waals surface area (Å²) in [5.74, 6) is 0.396. The third-order valence-corrected chi connectivity index (χ3v) is 14.4. The fourth-order valence-corrected chi connectivity index (χ4v) is 11.9. The molecule has 0 amide bonds. The maximum absolute atomic E-state index is 2.61. The van der Waals surface area contributed by atoms with Crippen LogP contribution in [0.15, 0.2) is 260 Å². The van der Waals surface area contributed by atoms with Gasteiger partial charge in [0.05, 0.1) is 10.8 Å². The zero-order valence-corrected chi connectivity index (χ0v) is 35.2. The maximum Gasteiger partial charge on any atom is 0.0679 e. The molecule has 4 aliphatic rings. The van der Waals surface area contributed by atoms with Gasteiger partial charge in [-0.05, 0) is 110 Å². The molecule has 0 saturated carbocycles. The molecule has 300 valence electrons. The van der Waals surface area contributed by atoms with Crippen molar-refractivity contribution in [1.29, 1.82) is 0 Å². The molecule has 0 saturated heterocycles. The third-order valence-electron chi connectivity index (χ3n) is 14.4. The number of fused-ring (bicyclic) bond motifs is 5. The lowest BCUT2D eigenvalue weighted by Crippen LogP contribution is -2.47. The maximum atomic E-state index is 2.61. The standard InChI is InChI=1S/C62H47N/c1-5-20-44(21-6-1)46-38-40-51(41-39-46)63(52-30-17-24-47(42-52)45-22-7-2-8-23-45)53-31-18-29-50(43-53)61(48-25-9-3-10-26-48)57-35-15-16-36-58(57)62(49-27-11-4-12-28-49)56-34-14-13-32-54(56)55-33-19-37-59(61)60(55)62/h1-28,30-31,33-43,50,54H,29,32H2. The molecule has 4 unspecified atom stereocenters. The molecule has 0 aliphatic heterocycles. The summed E-state index contributed by atoms with van der Waals surface area (Å²) in [5.41, 5.74) is 18.7. The number of allylic oxidation sites excluding steroid dienone is 7. The second-order valence-corrected chi connectivity index (χ2v) is 17.4. The van der Waals surface area contributed by atoms with Crippen molar-refractivity contribution in [2.45, 2.75) is 29.6 Å². The van der Waals surface area contributed by atoms with Crippen molar-refractivity contribution >= 4 is 11.4 Å². The molecule has 4 aliphatic carbocycles. The average Bonchev–Trinajstić information content (AvgIpc) is 3.68. The lowest BCUT2D eigenvalue weighted by Gasteiger charge is -2.52. The van der Waals surface area contributed by atoms with Crippen molar-refractivity contribution in [2.24, 2.45) is 5.92 Å². The van der Waals surface area contributed by atoms with Gasteiger partial charge in [-0.3, -0.25) is 0 Å². The largest absolute Gasteiger partial charge is 0.311 e. The summed E-state index contributed by atoms with van der Waals surface area (Å²) in [6, 6.07) is 79.2. The molecule has 0 aromatic heterocycles. The summed E-state index contributed by atoms with van der Waals surface area (Å²) in [5, 5.41) is 0. The van der Waals surface area contributed by atoms with Crippen LogP contribution in [0.1, 0.15) is 57.7 Å². The van der Waals surface area contributed by atoms with Crippen LogP contribution in [-0.2, 0) is 10.8 Å². The van der Waals surface area contributed by atoms with Gasteiger partial charge in [-0.15, -0.1) is 0 Å². The minimum absolute atomic E-state index is 0.0828. The Morgan fingerprint density at radius 1 is 0.444 bits per heavy atom. The number of hydrogen-bond acceptors (Lipinski definition) is 1. The van der Waals surface area contributed by atoms with Crippen LogP contribution < -0.4 is 4.90 Å². The third kappa shape index (κ3) is 5.69. The minimum Gasteiger partial charge on any atom is -0.311 e. The predicted molar refractivity (Wildman–Crippen MR) is 261 cm³/mol. The number of rotatable bonds is 8. The monoisotopic (exact) mass is 805 g/mol. The quantitative estimate of drug-likeness (QED) is 0.148. The van der Waals surface area contributed by atoms with Crippen LogP contribution in [0, 0.1) is 5.92 Å². The van der Waals surface area contributed by atoms with E-state index in [1.807, 2.05) is 0 Å². The SMILES string of the molecule is C1=CCC2C(=C1)C1(c3ccccc3)c3ccccc3C(c3ccccc3)(C3C=C(N(c4ccc(-c5ccccc5)cc4)c4cccc(-c5ccccc5)c4)C=CC3)c3cccc2c31. The Kier molecular flexibility index (Phi) is 8.97. The Balaban J connectivity index is 1.11. The van der Waals surface area contributed by atoms with Gasteiger partial charge < -0.3 is 4.90 Å². The van der Waals surface area contributed by atoms with E-state index >= 15 is 0 Å². The Morgan fingerprint density at radius 2 is 1.03 bits per heavy atom. The Hall–Kier alpha value is -7.48. The molecule has 0 heterocycles. The smallest absolute Gasteiger partial charge is 0.0679 e. The molecule has 63 heavy (non-hydrogen) atoms. The molecule has 0 radical (unpaired) electrons. The molecular weight excluding hydrogens is 759 g/mol. The van der Waals surface area contributed by atoms with Gasteiger partial charge in [0, 0.05) is 28.9 Å². The number of hydrogen-bond donors (Lipinski definition) is 0. The number of nitrogens with zero attached hydrogens (tertiary/aromatic N) is 1. The van der Waals surface area contributed by atoms with Crippen molar-refractivity contribution in [1.82, 2.24) is 0 Å². The van der Waals surface area contributed by atoms with E-state index in [0.29, 0.717) is 5.92 Å². The van der Waals surface area contributed by atoms with E-state index < -0.39 is 10.8 Å². The van der Waals surface area contributed by atoms with Crippen molar-refractivity contribution in [3.05, 3.63) is 299 Å². The second-order valence-electron chi connectivity index (χ2n) is 17.4. The number of benzene rings is 8. The molecule has 0 fully saturated rings. The Labute approximate surface area is 371 Å². The molecule has 0 bridgehead atoms. The van der Waals surface area contributed by atoms with Gasteiger partial charge in [-0.2, -0.15) is 0 Å². The molecule has 0 spiro atoms. The van der Waals surface area contributed by atoms with Crippen molar-refractivity contribution in [2.75, 3.05) is 4.90 Å². The van der Waals surface area contributed by atoms with E-state index in [-0.39, 0.29) is 5.92 Å². The van der Waals surface area contributed by atoms with Gasteiger partial charge in [0.15, 0.2) is 0 Å². The molecule has 4 atom stereocenters. The lowest BCUT2D eigenvalue weighted by atomic mass is 9.49. The second kappa shape index (κ2) is 15.2. The first-order chi connectivity index (χ1) is 31.3. The summed E-state index contributed by atoms with van der Waals surface area (Å²) in [7, 11) is 0. The first-order valence-corrected chi connectivity index (χ1v) is 22.5. The first kappa shape index (κ1) is 37.3. The van der Waals surface area contributed by atoms with Gasteiger partial charge >= 0.3 is 0 Å². The Morgan fingerprint density at radius 3 is 1.76 bits per heavy atom. The van der Waals surface area contributed by atoms with Gasteiger partial charge in [-0.1, -0.05) is 218 Å². The minimum atomic E-state index is -0.492. The van der Waals surface area contributed by atoms with E-state index in [1.165, 1.54) is 72.5 Å². The van der Waals surface area contributed by atoms with Crippen molar-refractivity contribution in [3.8, 4) is 22.3 Å². The highest BCUT2D eigenvalue weighted by atomic mass is 15.1. The summed E-state index contributed by atoms with van der Waals surface area (Å²) in [4.78, 5) is 2.48. The van der Waals surface area contributed by atoms with Gasteiger partial charge in [0.2, 0.25) is 0 Å². The van der Waals surface area contributed by atoms with Crippen LogP contribution in [0.4, 0.5) is 11.4 Å². The van der Waals surface area contributed by atoms with Gasteiger partial charge in [-0.25, -0.2) is 0 Å². The van der Waals surface area contributed by atoms with Crippen LogP contribution in [0.5, 0.6) is 0 Å². The highest BCUT2D eigenvalue weighted by molar-refractivity contribution is 5.81. The Bertz CT molecular complexity index is 3100. The highest BCUT2D eigenvalue weighted by Gasteiger charge is 2.60. The fourth-order valence-electron chi connectivity index (χ4n) is 11.9. The van der Waals surface area contributed by atoms with Crippen LogP contribution in [-0.4, -0.2) is 0 Å². The molecule has 12 rings (SSSR count). The van der Waals surface area contributed by atoms with E-state index in [0.717, 1.165) is 24.2 Å². The topological polar surface area (TPSA) is 3.24 Å². The molecular formula is C62H47N. The van der Waals surface area contributed by atoms with Crippen LogP contribution in [0.2, 0.25) is 0 Å². The molecule has 8 aromatic rings. The molecule has 1 heteroatoms. The normalized spacial score (nSPS) is 21.4. The predicted octanol–water partition coefficient (Wildman–Crippen LogP) is 15.3. The van der Waals surface area contributed by atoms with E-state index in [2.05, 4.69) is 254 Å². The van der Waals surface area contributed by atoms with E-state index in [1.54, 1.807) is 0 Å². The molecule has 8 aromatic carbocycles. The van der Waals surface area contributed by atoms with E-state index in [4.69, 9.17) is 0 Å². The molecule has 0 N–H and O–H groups in total. The summed E-state index contributed by atoms with van der Waals surface area (Å²) < 4.78 is 0. The number of anilines is 2. The van der Waals surface area contributed by atoms with Crippen LogP contribution in [0.3, 0.4) is 0 Å². The summed E-state index contributed by atoms with van der Waals surface area (Å²) in [6.07, 6.45) is 16.4. The lowest BCUT2D eigenvalue weighted by molar-refractivity contribution is 0.420. The highest BCUT2D eigenvalue weighted by Crippen LogP contribution is 2.68. The van der Waals surface area contributed by atoms with Crippen LogP contribution >= 0.6 is 0 Å². The van der Waals surface area contributed by atoms with Crippen LogP contribution in [0.25, 0.3) is 22.3 Å².